The second-order valence-corrected chi connectivity index (χ2v) is 11.7. The summed E-state index contributed by atoms with van der Waals surface area (Å²) in [5, 5.41) is 5.47. The van der Waals surface area contributed by atoms with Crippen LogP contribution in [-0.4, -0.2) is 52.4 Å². The lowest BCUT2D eigenvalue weighted by Gasteiger charge is -2.37. The number of hydrogen-bond acceptors (Lipinski definition) is 6. The fraction of sp³-hybridized carbons (Fsp3) is 0.333. The van der Waals surface area contributed by atoms with Gasteiger partial charge in [-0.2, -0.15) is 0 Å². The van der Waals surface area contributed by atoms with Crippen molar-refractivity contribution in [3.63, 3.8) is 0 Å². The largest absolute Gasteiger partial charge is 0.448 e. The molecule has 1 aromatic heterocycles. The lowest BCUT2D eigenvalue weighted by Crippen LogP contribution is -2.66. The number of amides is 3. The van der Waals surface area contributed by atoms with Gasteiger partial charge in [0.05, 0.1) is 0 Å². The van der Waals surface area contributed by atoms with Gasteiger partial charge in [-0.1, -0.05) is 54.6 Å². The number of hydrogen-bond donors (Lipinski definition) is 2. The fourth-order valence-electron chi connectivity index (χ4n) is 5.31. The molecule has 1 saturated heterocycles. The van der Waals surface area contributed by atoms with Gasteiger partial charge in [-0.3, -0.25) is 15.0 Å². The molecule has 0 spiro atoms. The Balaban J connectivity index is 1.38. The van der Waals surface area contributed by atoms with Crippen molar-refractivity contribution in [1.29, 1.82) is 0 Å². The van der Waals surface area contributed by atoms with Crippen LogP contribution in [0.25, 0.3) is 11.1 Å². The second kappa shape index (κ2) is 10.9. The van der Waals surface area contributed by atoms with Gasteiger partial charge in [0, 0.05) is 18.9 Å². The summed E-state index contributed by atoms with van der Waals surface area (Å²) in [5.74, 6) is -0.501. The van der Waals surface area contributed by atoms with Gasteiger partial charge in [0.2, 0.25) is 5.66 Å². The van der Waals surface area contributed by atoms with Crippen LogP contribution in [0.1, 0.15) is 50.7 Å². The maximum Gasteiger partial charge on any atom is 0.412 e. The van der Waals surface area contributed by atoms with Gasteiger partial charge in [0.1, 0.15) is 22.6 Å². The normalized spacial score (nSPS) is 18.1. The number of nitrogens with zero attached hydrogens (tertiary/aromatic N) is 2. The number of fused-ring (bicyclic) bond motifs is 3. The highest BCUT2D eigenvalue weighted by Crippen LogP contribution is 2.44. The third-order valence-electron chi connectivity index (χ3n) is 6.98. The summed E-state index contributed by atoms with van der Waals surface area (Å²) in [6.45, 7) is 5.52. The minimum absolute atomic E-state index is 0.0667. The maximum absolute atomic E-state index is 13.8. The van der Waals surface area contributed by atoms with Gasteiger partial charge >= 0.3 is 12.2 Å². The average molecular weight is 608 g/mol. The van der Waals surface area contributed by atoms with Crippen LogP contribution in [0, 0.1) is 0 Å². The molecule has 2 aromatic carbocycles. The highest BCUT2D eigenvalue weighted by Gasteiger charge is 2.53. The van der Waals surface area contributed by atoms with Crippen LogP contribution in [0.2, 0.25) is 0 Å². The van der Waals surface area contributed by atoms with E-state index in [0.29, 0.717) is 11.0 Å². The topological polar surface area (TPSA) is 110 Å². The first-order valence-electron chi connectivity index (χ1n) is 13.2. The number of pyridine rings is 1. The van der Waals surface area contributed by atoms with Crippen molar-refractivity contribution in [2.75, 3.05) is 18.5 Å². The summed E-state index contributed by atoms with van der Waals surface area (Å²) in [6.07, 6.45) is -0.866. The molecule has 1 atom stereocenters. The summed E-state index contributed by atoms with van der Waals surface area (Å²) < 4.78 is 11.9. The predicted octanol–water partition coefficient (Wildman–Crippen LogP) is 6.05. The molecule has 2 heterocycles. The van der Waals surface area contributed by atoms with E-state index in [2.05, 4.69) is 43.7 Å². The number of halogens is 1. The number of likely N-dealkylation sites (tertiary alicyclic amines) is 1. The molecule has 1 unspecified atom stereocenters. The number of rotatable bonds is 5. The van der Waals surface area contributed by atoms with Crippen molar-refractivity contribution in [2.45, 2.75) is 50.8 Å². The van der Waals surface area contributed by atoms with Crippen LogP contribution in [0.3, 0.4) is 0 Å². The summed E-state index contributed by atoms with van der Waals surface area (Å²) in [4.78, 5) is 45.8. The quantitative estimate of drug-likeness (QED) is 0.342. The Morgan fingerprint density at radius 2 is 1.65 bits per heavy atom. The Labute approximate surface area is 241 Å². The lowest BCUT2D eigenvalue weighted by atomic mass is 9.98. The van der Waals surface area contributed by atoms with Gasteiger partial charge in [-0.15, -0.1) is 0 Å². The molecule has 5 rings (SSSR count). The standard InChI is InChI=1S/C30H31BrN4O5/c1-29(2,3)40-28(38)35-17-9-16-30(35,26(36)33-25-15-8-14-24(31)32-25)34-27(37)39-18-23-21-12-6-4-10-19(21)20-11-5-7-13-22(20)23/h4-8,10-15,23H,9,16-18H2,1-3H3,(H,34,37)(H,32,33,36). The SMILES string of the molecule is CC(C)(C)OC(=O)N1CCCC1(NC(=O)OCC1c2ccccc2-c2ccccc21)C(=O)Nc1cccc(Br)n1. The zero-order valence-electron chi connectivity index (χ0n) is 22.6. The third kappa shape index (κ3) is 5.54. The Hall–Kier alpha value is -3.92. The predicted molar refractivity (Wildman–Crippen MR) is 154 cm³/mol. The lowest BCUT2D eigenvalue weighted by molar-refractivity contribution is -0.128. The summed E-state index contributed by atoms with van der Waals surface area (Å²) in [5.41, 5.74) is 1.83. The Kier molecular flexibility index (Phi) is 7.55. The average Bonchev–Trinajstić information content (AvgIpc) is 3.47. The molecule has 9 nitrogen and oxygen atoms in total. The number of carbonyl (C=O) groups is 3. The fourth-order valence-corrected chi connectivity index (χ4v) is 5.65. The van der Waals surface area contributed by atoms with E-state index in [1.54, 1.807) is 39.0 Å². The van der Waals surface area contributed by atoms with Gasteiger partial charge in [-0.05, 0) is 77.5 Å². The van der Waals surface area contributed by atoms with E-state index < -0.39 is 29.4 Å². The summed E-state index contributed by atoms with van der Waals surface area (Å²) in [7, 11) is 0. The molecular formula is C30H31BrN4O5. The molecule has 3 aromatic rings. The Bertz CT molecular complexity index is 1410. The van der Waals surface area contributed by atoms with Gasteiger partial charge in [-0.25, -0.2) is 14.6 Å². The van der Waals surface area contributed by atoms with E-state index in [9.17, 15) is 14.4 Å². The number of anilines is 1. The highest BCUT2D eigenvalue weighted by molar-refractivity contribution is 9.10. The van der Waals surface area contributed by atoms with Crippen molar-refractivity contribution in [3.8, 4) is 11.1 Å². The molecule has 0 radical (unpaired) electrons. The molecule has 0 bridgehead atoms. The minimum atomic E-state index is -1.73. The van der Waals surface area contributed by atoms with Gasteiger partial charge in [0.15, 0.2) is 0 Å². The minimum Gasteiger partial charge on any atom is -0.448 e. The highest BCUT2D eigenvalue weighted by atomic mass is 79.9. The molecular weight excluding hydrogens is 576 g/mol. The van der Waals surface area contributed by atoms with E-state index in [-0.39, 0.29) is 31.3 Å². The molecule has 3 amide bonds. The first kappa shape index (κ1) is 27.6. The number of nitrogens with one attached hydrogen (secondary N) is 2. The van der Waals surface area contributed by atoms with E-state index in [1.165, 1.54) is 4.90 Å². The molecule has 40 heavy (non-hydrogen) atoms. The smallest absolute Gasteiger partial charge is 0.412 e. The van der Waals surface area contributed by atoms with Crippen LogP contribution in [-0.2, 0) is 14.3 Å². The number of alkyl carbamates (subject to hydrolysis) is 1. The number of aromatic nitrogens is 1. The molecule has 0 saturated carbocycles. The van der Waals surface area contributed by atoms with E-state index in [0.717, 1.165) is 22.3 Å². The first-order chi connectivity index (χ1) is 19.1. The van der Waals surface area contributed by atoms with Crippen LogP contribution in [0.15, 0.2) is 71.3 Å². The first-order valence-corrected chi connectivity index (χ1v) is 13.9. The molecule has 2 aliphatic rings. The number of ether oxygens (including phenoxy) is 2. The molecule has 10 heteroatoms. The molecule has 2 N–H and O–H groups in total. The van der Waals surface area contributed by atoms with Crippen LogP contribution >= 0.6 is 15.9 Å². The monoisotopic (exact) mass is 606 g/mol. The van der Waals surface area contributed by atoms with Crippen LogP contribution in [0.5, 0.6) is 0 Å². The van der Waals surface area contributed by atoms with E-state index >= 15 is 0 Å². The molecule has 1 aliphatic carbocycles. The summed E-state index contributed by atoms with van der Waals surface area (Å²) >= 11 is 3.30. The second-order valence-electron chi connectivity index (χ2n) is 10.8. The van der Waals surface area contributed by atoms with E-state index in [1.807, 2.05) is 36.4 Å². The van der Waals surface area contributed by atoms with Crippen molar-refractivity contribution in [2.24, 2.45) is 0 Å². The third-order valence-corrected chi connectivity index (χ3v) is 7.42. The van der Waals surface area contributed by atoms with Gasteiger partial charge < -0.3 is 14.8 Å². The maximum atomic E-state index is 13.8. The summed E-state index contributed by atoms with van der Waals surface area (Å²) in [6, 6.07) is 21.1. The van der Waals surface area contributed by atoms with Crippen molar-refractivity contribution < 1.29 is 23.9 Å². The van der Waals surface area contributed by atoms with Crippen LogP contribution < -0.4 is 10.6 Å². The van der Waals surface area contributed by atoms with Crippen molar-refractivity contribution in [3.05, 3.63) is 82.5 Å². The van der Waals surface area contributed by atoms with Crippen molar-refractivity contribution >= 4 is 39.8 Å². The Morgan fingerprint density at radius 3 is 2.27 bits per heavy atom. The van der Waals surface area contributed by atoms with Crippen LogP contribution in [0.4, 0.5) is 15.4 Å². The van der Waals surface area contributed by atoms with Gasteiger partial charge in [0.25, 0.3) is 5.91 Å². The Morgan fingerprint density at radius 1 is 1.00 bits per heavy atom. The molecule has 1 fully saturated rings. The number of benzene rings is 2. The zero-order chi connectivity index (χ0) is 28.5. The molecule has 1 aliphatic heterocycles. The zero-order valence-corrected chi connectivity index (χ0v) is 24.2. The van der Waals surface area contributed by atoms with E-state index in [4.69, 9.17) is 9.47 Å². The van der Waals surface area contributed by atoms with Crippen molar-refractivity contribution in [1.82, 2.24) is 15.2 Å². The molecule has 208 valence electrons. The number of carbonyl (C=O) groups excluding carboxylic acids is 3.